The molecule has 1 saturated heterocycles. The average molecular weight is 364 g/mol. The fourth-order valence-electron chi connectivity index (χ4n) is 3.74. The van der Waals surface area contributed by atoms with E-state index in [9.17, 15) is 4.79 Å². The predicted molar refractivity (Wildman–Crippen MR) is 104 cm³/mol. The molecule has 0 bridgehead atoms. The number of carbonyl (C=O) groups excluding carboxylic acids is 1. The van der Waals surface area contributed by atoms with E-state index in [4.69, 9.17) is 0 Å². The summed E-state index contributed by atoms with van der Waals surface area (Å²) in [6.07, 6.45) is 10.3. The molecule has 1 fully saturated rings. The van der Waals surface area contributed by atoms with Gasteiger partial charge in [0.25, 0.3) is 0 Å². The summed E-state index contributed by atoms with van der Waals surface area (Å²) in [5.41, 5.74) is 5.11. The Morgan fingerprint density at radius 1 is 1.26 bits per heavy atom. The molecule has 4 rings (SSSR count). The van der Waals surface area contributed by atoms with Gasteiger partial charge in [-0.3, -0.25) is 5.10 Å². The molecule has 140 valence electrons. The molecule has 2 amide bonds. The lowest BCUT2D eigenvalue weighted by Crippen LogP contribution is -2.41. The minimum atomic E-state index is -0.0962. The summed E-state index contributed by atoms with van der Waals surface area (Å²) in [4.78, 5) is 14.8. The zero-order chi connectivity index (χ0) is 18.8. The van der Waals surface area contributed by atoms with E-state index in [-0.39, 0.29) is 12.1 Å². The van der Waals surface area contributed by atoms with E-state index < -0.39 is 0 Å². The monoisotopic (exact) mass is 364 g/mol. The van der Waals surface area contributed by atoms with Gasteiger partial charge < -0.3 is 10.2 Å². The first-order valence-electron chi connectivity index (χ1n) is 9.30. The molecule has 0 saturated carbocycles. The topological polar surface area (TPSA) is 78.8 Å². The number of hydrogen-bond donors (Lipinski definition) is 2. The molecule has 0 spiro atoms. The first-order valence-corrected chi connectivity index (χ1v) is 9.30. The van der Waals surface area contributed by atoms with Gasteiger partial charge >= 0.3 is 6.03 Å². The van der Waals surface area contributed by atoms with Crippen LogP contribution in [0.1, 0.15) is 42.0 Å². The van der Waals surface area contributed by atoms with Crippen molar-refractivity contribution in [3.05, 3.63) is 59.7 Å². The molecule has 2 N–H and O–H groups in total. The molecule has 2 aromatic heterocycles. The molecule has 27 heavy (non-hydrogen) atoms. The van der Waals surface area contributed by atoms with Crippen molar-refractivity contribution in [2.45, 2.75) is 39.2 Å². The third kappa shape index (κ3) is 3.58. The number of hydrogen-bond acceptors (Lipinski definition) is 3. The molecule has 1 atom stereocenters. The highest BCUT2D eigenvalue weighted by Gasteiger charge is 2.28. The van der Waals surface area contributed by atoms with Gasteiger partial charge in [-0.25, -0.2) is 9.48 Å². The fourth-order valence-corrected chi connectivity index (χ4v) is 3.74. The highest BCUT2D eigenvalue weighted by atomic mass is 16.2. The van der Waals surface area contributed by atoms with Gasteiger partial charge in [0.2, 0.25) is 0 Å². The molecule has 1 aliphatic heterocycles. The molecule has 3 heterocycles. The number of anilines is 1. The number of benzene rings is 1. The maximum atomic E-state index is 12.9. The van der Waals surface area contributed by atoms with Gasteiger partial charge in [-0.15, -0.1) is 0 Å². The second kappa shape index (κ2) is 7.26. The Balaban J connectivity index is 1.50. The zero-order valence-corrected chi connectivity index (χ0v) is 15.6. The van der Waals surface area contributed by atoms with E-state index >= 15 is 0 Å². The van der Waals surface area contributed by atoms with Crippen molar-refractivity contribution in [2.24, 2.45) is 0 Å². The largest absolute Gasteiger partial charge is 0.322 e. The molecule has 1 aliphatic rings. The standard InChI is InChI=1S/C20H24N6O/c1-14-6-7-18(15(2)9-14)26-13-17(12-23-26)24-20(27)25-8-4-3-5-19(25)16-10-21-22-11-16/h6-7,9-13,19H,3-5,8H2,1-2H3,(H,21,22)(H,24,27)/t19-/m0/s1. The van der Waals surface area contributed by atoms with E-state index in [1.807, 2.05) is 23.4 Å². The van der Waals surface area contributed by atoms with Gasteiger partial charge in [0.15, 0.2) is 0 Å². The van der Waals surface area contributed by atoms with E-state index in [1.165, 1.54) is 5.56 Å². The summed E-state index contributed by atoms with van der Waals surface area (Å²) in [6, 6.07) is 6.19. The Morgan fingerprint density at radius 3 is 2.93 bits per heavy atom. The number of nitrogens with zero attached hydrogens (tertiary/aromatic N) is 4. The molecule has 0 radical (unpaired) electrons. The number of rotatable bonds is 3. The third-order valence-corrected chi connectivity index (χ3v) is 5.10. The maximum Gasteiger partial charge on any atom is 0.322 e. The van der Waals surface area contributed by atoms with Crippen LogP contribution >= 0.6 is 0 Å². The van der Waals surface area contributed by atoms with Gasteiger partial charge in [0.1, 0.15) is 0 Å². The van der Waals surface area contributed by atoms with Crippen LogP contribution in [0.2, 0.25) is 0 Å². The average Bonchev–Trinajstić information content (AvgIpc) is 3.34. The van der Waals surface area contributed by atoms with E-state index in [0.717, 1.165) is 42.6 Å². The van der Waals surface area contributed by atoms with E-state index in [2.05, 4.69) is 46.6 Å². The van der Waals surface area contributed by atoms with Gasteiger partial charge in [-0.05, 0) is 44.7 Å². The minimum absolute atomic E-state index is 0.0619. The Bertz CT molecular complexity index is 930. The number of likely N-dealkylation sites (tertiary alicyclic amines) is 1. The number of H-pyrrole nitrogens is 1. The number of nitrogens with one attached hydrogen (secondary N) is 2. The Morgan fingerprint density at radius 2 is 2.15 bits per heavy atom. The number of aromatic nitrogens is 4. The maximum absolute atomic E-state index is 12.9. The lowest BCUT2D eigenvalue weighted by Gasteiger charge is -2.35. The second-order valence-corrected chi connectivity index (χ2v) is 7.13. The predicted octanol–water partition coefficient (Wildman–Crippen LogP) is 3.97. The minimum Gasteiger partial charge on any atom is -0.317 e. The normalized spacial score (nSPS) is 17.1. The van der Waals surface area contributed by atoms with Crippen LogP contribution in [-0.2, 0) is 0 Å². The lowest BCUT2D eigenvalue weighted by atomic mass is 9.98. The van der Waals surface area contributed by atoms with Gasteiger partial charge in [-0.2, -0.15) is 10.2 Å². The summed E-state index contributed by atoms with van der Waals surface area (Å²) in [5.74, 6) is 0. The van der Waals surface area contributed by atoms with Crippen LogP contribution in [0.15, 0.2) is 43.0 Å². The number of carbonyl (C=O) groups is 1. The van der Waals surface area contributed by atoms with Crippen LogP contribution in [0.5, 0.6) is 0 Å². The van der Waals surface area contributed by atoms with Crippen molar-refractivity contribution in [1.82, 2.24) is 24.9 Å². The second-order valence-electron chi connectivity index (χ2n) is 7.13. The molecule has 3 aromatic rings. The van der Waals surface area contributed by atoms with Gasteiger partial charge in [0, 0.05) is 18.3 Å². The highest BCUT2D eigenvalue weighted by molar-refractivity contribution is 5.89. The van der Waals surface area contributed by atoms with Crippen LogP contribution in [0.25, 0.3) is 5.69 Å². The van der Waals surface area contributed by atoms with Crippen molar-refractivity contribution in [3.63, 3.8) is 0 Å². The Hall–Kier alpha value is -3.09. The number of aryl methyl sites for hydroxylation is 2. The van der Waals surface area contributed by atoms with Gasteiger partial charge in [-0.1, -0.05) is 17.7 Å². The number of piperidine rings is 1. The number of urea groups is 1. The first kappa shape index (κ1) is 17.3. The van der Waals surface area contributed by atoms with Crippen LogP contribution in [0, 0.1) is 13.8 Å². The quantitative estimate of drug-likeness (QED) is 0.738. The SMILES string of the molecule is Cc1ccc(-n2cc(NC(=O)N3CCCC[C@H]3c3cn[nH]c3)cn2)c(C)c1. The van der Waals surface area contributed by atoms with Crippen molar-refractivity contribution in [2.75, 3.05) is 11.9 Å². The van der Waals surface area contributed by atoms with Crippen molar-refractivity contribution in [1.29, 1.82) is 0 Å². The van der Waals surface area contributed by atoms with Gasteiger partial charge in [0.05, 0.1) is 36.0 Å². The van der Waals surface area contributed by atoms with Crippen LogP contribution in [0.3, 0.4) is 0 Å². The molecule has 7 nitrogen and oxygen atoms in total. The summed E-state index contributed by atoms with van der Waals surface area (Å²) >= 11 is 0. The molecule has 1 aromatic carbocycles. The summed E-state index contributed by atoms with van der Waals surface area (Å²) < 4.78 is 1.80. The summed E-state index contributed by atoms with van der Waals surface area (Å²) in [7, 11) is 0. The molecular formula is C20H24N6O. The van der Waals surface area contributed by atoms with Crippen molar-refractivity contribution < 1.29 is 4.79 Å². The molecular weight excluding hydrogens is 340 g/mol. The van der Waals surface area contributed by atoms with E-state index in [0.29, 0.717) is 5.69 Å². The molecule has 7 heteroatoms. The third-order valence-electron chi connectivity index (χ3n) is 5.10. The smallest absolute Gasteiger partial charge is 0.317 e. The lowest BCUT2D eigenvalue weighted by molar-refractivity contribution is 0.163. The first-order chi connectivity index (χ1) is 13.1. The number of amides is 2. The Labute approximate surface area is 158 Å². The van der Waals surface area contributed by atoms with Crippen LogP contribution in [0.4, 0.5) is 10.5 Å². The Kier molecular flexibility index (Phi) is 4.66. The van der Waals surface area contributed by atoms with Crippen LogP contribution < -0.4 is 5.32 Å². The van der Waals surface area contributed by atoms with E-state index in [1.54, 1.807) is 17.1 Å². The number of aromatic amines is 1. The highest BCUT2D eigenvalue weighted by Crippen LogP contribution is 2.30. The molecule has 0 aliphatic carbocycles. The van der Waals surface area contributed by atoms with Crippen molar-refractivity contribution in [3.8, 4) is 5.69 Å². The summed E-state index contributed by atoms with van der Waals surface area (Å²) in [6.45, 7) is 4.87. The van der Waals surface area contributed by atoms with Crippen LogP contribution in [-0.4, -0.2) is 37.5 Å². The zero-order valence-electron chi connectivity index (χ0n) is 15.6. The molecule has 0 unspecified atom stereocenters. The fraction of sp³-hybridized carbons (Fsp3) is 0.350. The van der Waals surface area contributed by atoms with Crippen molar-refractivity contribution >= 4 is 11.7 Å². The summed E-state index contributed by atoms with van der Waals surface area (Å²) in [5, 5.41) is 14.3.